The van der Waals surface area contributed by atoms with E-state index in [1.807, 2.05) is 19.1 Å². The number of carbonyl (C=O) groups is 2. The monoisotopic (exact) mass is 383 g/mol. The number of carbonyl (C=O) groups excluding carboxylic acids is 2. The van der Waals surface area contributed by atoms with E-state index in [1.54, 1.807) is 7.11 Å². The van der Waals surface area contributed by atoms with E-state index in [-0.39, 0.29) is 17.5 Å². The van der Waals surface area contributed by atoms with Crippen LogP contribution in [0.1, 0.15) is 69.7 Å². The number of nitrogens with zero attached hydrogens (tertiary/aromatic N) is 1. The van der Waals surface area contributed by atoms with Gasteiger partial charge in [0.1, 0.15) is 0 Å². The molecule has 4 heteroatoms. The van der Waals surface area contributed by atoms with Crippen LogP contribution in [0.3, 0.4) is 0 Å². The molecule has 0 radical (unpaired) electrons. The van der Waals surface area contributed by atoms with Crippen LogP contribution in [0.5, 0.6) is 0 Å². The highest BCUT2D eigenvalue weighted by Crippen LogP contribution is 2.34. The zero-order valence-electron chi connectivity index (χ0n) is 17.5. The normalized spacial score (nSPS) is 21.4. The molecule has 1 aliphatic heterocycles. The van der Waals surface area contributed by atoms with Crippen molar-refractivity contribution in [2.45, 2.75) is 71.3 Å². The van der Waals surface area contributed by atoms with Crippen LogP contribution < -0.4 is 10.6 Å². The number of hydrogen-bond donors (Lipinski definition) is 0. The predicted molar refractivity (Wildman–Crippen MR) is 113 cm³/mol. The van der Waals surface area contributed by atoms with Gasteiger partial charge in [-0.05, 0) is 44.6 Å². The summed E-state index contributed by atoms with van der Waals surface area (Å²) in [5.74, 6) is 0.280. The molecule has 2 aliphatic rings. The van der Waals surface area contributed by atoms with E-state index >= 15 is 0 Å². The van der Waals surface area contributed by atoms with E-state index in [4.69, 9.17) is 4.74 Å². The Hall–Kier alpha value is -1.94. The van der Waals surface area contributed by atoms with Crippen molar-refractivity contribution in [2.24, 2.45) is 5.92 Å². The fraction of sp³-hybridized carbons (Fsp3) is 0.583. The summed E-state index contributed by atoms with van der Waals surface area (Å²) in [5.41, 5.74) is 2.40. The molecule has 28 heavy (non-hydrogen) atoms. The number of fused-ring (bicyclic) bond motifs is 1. The van der Waals surface area contributed by atoms with Gasteiger partial charge in [-0.25, -0.2) is 0 Å². The molecule has 1 unspecified atom stereocenters. The minimum atomic E-state index is -0.633. The van der Waals surface area contributed by atoms with Crippen molar-refractivity contribution in [1.29, 1.82) is 0 Å². The Bertz CT molecular complexity index is 871. The lowest BCUT2D eigenvalue weighted by Crippen LogP contribution is -2.44. The number of rotatable bonds is 8. The fourth-order valence-electron chi connectivity index (χ4n) is 4.37. The second kappa shape index (κ2) is 9.51. The highest BCUT2D eigenvalue weighted by Gasteiger charge is 2.40. The molecule has 3 rings (SSSR count). The van der Waals surface area contributed by atoms with Crippen LogP contribution in [0.15, 0.2) is 12.2 Å². The van der Waals surface area contributed by atoms with E-state index in [9.17, 15) is 9.59 Å². The summed E-state index contributed by atoms with van der Waals surface area (Å²) >= 11 is 0. The number of hydrogen-bond acceptors (Lipinski definition) is 3. The average molecular weight is 384 g/mol. The highest BCUT2D eigenvalue weighted by atomic mass is 16.5. The van der Waals surface area contributed by atoms with Gasteiger partial charge in [0.2, 0.25) is 0 Å². The minimum absolute atomic E-state index is 0.0618. The second-order valence-corrected chi connectivity index (χ2v) is 7.92. The molecule has 0 spiro atoms. The highest BCUT2D eigenvalue weighted by molar-refractivity contribution is 6.06. The van der Waals surface area contributed by atoms with Crippen molar-refractivity contribution in [3.05, 3.63) is 34.0 Å². The molecule has 152 valence electrons. The first-order valence-corrected chi connectivity index (χ1v) is 10.7. The molecule has 0 aromatic carbocycles. The zero-order valence-corrected chi connectivity index (χ0v) is 17.5. The van der Waals surface area contributed by atoms with Crippen molar-refractivity contribution < 1.29 is 14.3 Å². The minimum Gasteiger partial charge on any atom is -0.384 e. The average Bonchev–Trinajstić information content (AvgIpc) is 2.93. The van der Waals surface area contributed by atoms with Crippen molar-refractivity contribution in [3.63, 3.8) is 0 Å². The van der Waals surface area contributed by atoms with E-state index in [2.05, 4.69) is 23.6 Å². The van der Waals surface area contributed by atoms with E-state index in [0.717, 1.165) is 54.8 Å². The number of ether oxygens (including phenoxy) is 1. The molecule has 1 fully saturated rings. The van der Waals surface area contributed by atoms with Crippen LogP contribution in [0.25, 0.3) is 12.2 Å². The standard InChI is InChI=1S/C24H33NO3/c1-4-6-11-18-19(15-16-28-3)21-13-14-22(26)23(24(27)17-9-8-10-17)25(21)20(18)12-7-5-2/h4,6,11-12,17,23H,5,7-10,13-16H2,1-3H3/b6-4-,18-11-,20-12-. The number of methoxy groups -OCH3 is 1. The van der Waals surface area contributed by atoms with Crippen molar-refractivity contribution in [1.82, 2.24) is 4.57 Å². The van der Waals surface area contributed by atoms with Gasteiger partial charge < -0.3 is 9.30 Å². The Morgan fingerprint density at radius 1 is 1.29 bits per heavy atom. The van der Waals surface area contributed by atoms with Crippen LogP contribution in [-0.4, -0.2) is 29.9 Å². The Morgan fingerprint density at radius 3 is 2.68 bits per heavy atom. The van der Waals surface area contributed by atoms with Crippen LogP contribution in [0.2, 0.25) is 0 Å². The van der Waals surface area contributed by atoms with Gasteiger partial charge in [-0.3, -0.25) is 9.59 Å². The lowest BCUT2D eigenvalue weighted by atomic mass is 9.78. The third-order valence-electron chi connectivity index (χ3n) is 6.09. The first-order chi connectivity index (χ1) is 13.6. The maximum absolute atomic E-state index is 13.2. The Balaban J connectivity index is 2.25. The van der Waals surface area contributed by atoms with Crippen LogP contribution in [0, 0.1) is 5.92 Å². The van der Waals surface area contributed by atoms with Crippen LogP contribution in [-0.2, 0) is 27.2 Å². The van der Waals surface area contributed by atoms with Crippen molar-refractivity contribution in [2.75, 3.05) is 13.7 Å². The van der Waals surface area contributed by atoms with Gasteiger partial charge in [-0.2, -0.15) is 0 Å². The topological polar surface area (TPSA) is 48.3 Å². The molecule has 4 nitrogen and oxygen atoms in total. The molecule has 0 N–H and O–H groups in total. The van der Waals surface area contributed by atoms with Gasteiger partial charge in [-0.1, -0.05) is 44.1 Å². The van der Waals surface area contributed by atoms with E-state index in [0.29, 0.717) is 19.4 Å². The van der Waals surface area contributed by atoms with Crippen molar-refractivity contribution in [3.8, 4) is 0 Å². The summed E-state index contributed by atoms with van der Waals surface area (Å²) in [5, 5.41) is 2.20. The quantitative estimate of drug-likeness (QED) is 0.648. The van der Waals surface area contributed by atoms with Gasteiger partial charge in [-0.15, -0.1) is 0 Å². The molecule has 0 saturated heterocycles. The summed E-state index contributed by atoms with van der Waals surface area (Å²) in [6, 6.07) is -0.633. The van der Waals surface area contributed by atoms with Gasteiger partial charge in [0, 0.05) is 35.7 Å². The number of unbranched alkanes of at least 4 members (excludes halogenated alkanes) is 1. The molecule has 1 aromatic rings. The summed E-state index contributed by atoms with van der Waals surface area (Å²) in [4.78, 5) is 26.1. The molecule has 1 aromatic heterocycles. The first-order valence-electron chi connectivity index (χ1n) is 10.7. The fourth-order valence-corrected chi connectivity index (χ4v) is 4.37. The van der Waals surface area contributed by atoms with Gasteiger partial charge in [0.05, 0.1) is 6.61 Å². The maximum atomic E-state index is 13.2. The molecule has 1 saturated carbocycles. The number of ketones is 2. The maximum Gasteiger partial charge on any atom is 0.166 e. The van der Waals surface area contributed by atoms with Crippen molar-refractivity contribution >= 4 is 23.7 Å². The third kappa shape index (κ3) is 3.93. The molecule has 0 amide bonds. The number of allylic oxidation sites excluding steroid dienone is 2. The summed E-state index contributed by atoms with van der Waals surface area (Å²) in [7, 11) is 1.72. The van der Waals surface area contributed by atoms with Crippen LogP contribution in [0.4, 0.5) is 0 Å². The van der Waals surface area contributed by atoms with Gasteiger partial charge >= 0.3 is 0 Å². The molecule has 1 aliphatic carbocycles. The molecular formula is C24H33NO3. The summed E-state index contributed by atoms with van der Waals surface area (Å²) < 4.78 is 7.46. The number of aromatic nitrogens is 1. The second-order valence-electron chi connectivity index (χ2n) is 7.92. The lowest BCUT2D eigenvalue weighted by Gasteiger charge is -2.32. The smallest absolute Gasteiger partial charge is 0.166 e. The molecule has 2 heterocycles. The largest absolute Gasteiger partial charge is 0.384 e. The van der Waals surface area contributed by atoms with Crippen LogP contribution >= 0.6 is 0 Å². The third-order valence-corrected chi connectivity index (χ3v) is 6.09. The van der Waals surface area contributed by atoms with E-state index < -0.39 is 6.04 Å². The van der Waals surface area contributed by atoms with E-state index in [1.165, 1.54) is 5.56 Å². The Morgan fingerprint density at radius 2 is 2.07 bits per heavy atom. The summed E-state index contributed by atoms with van der Waals surface area (Å²) in [6.45, 7) is 4.79. The van der Waals surface area contributed by atoms with Gasteiger partial charge in [0.25, 0.3) is 0 Å². The number of Topliss-reactive ketones (excluding diaryl/α,β-unsaturated/α-hetero) is 2. The Kier molecular flexibility index (Phi) is 7.06. The zero-order chi connectivity index (χ0) is 20.1. The predicted octanol–water partition coefficient (Wildman–Crippen LogP) is 3.04. The summed E-state index contributed by atoms with van der Waals surface area (Å²) in [6.07, 6.45) is 15.3. The SMILES string of the molecule is C\C=C/C=c1/c(CCOC)c2n(/c1=C\CCC)C(C(=O)C1CCC1)C(=O)CC2. The first kappa shape index (κ1) is 20.8. The van der Waals surface area contributed by atoms with Gasteiger partial charge in [0.15, 0.2) is 17.6 Å². The molecule has 0 bridgehead atoms. The lowest BCUT2D eigenvalue weighted by molar-refractivity contribution is -0.136. The molecular weight excluding hydrogens is 350 g/mol. The Labute approximate surface area is 168 Å². The molecule has 1 atom stereocenters.